The van der Waals surface area contributed by atoms with Crippen molar-refractivity contribution in [3.8, 4) is 5.88 Å². The highest BCUT2D eigenvalue weighted by Crippen LogP contribution is 2.13. The summed E-state index contributed by atoms with van der Waals surface area (Å²) in [4.78, 5) is 8.46. The maximum atomic E-state index is 5.83. The summed E-state index contributed by atoms with van der Waals surface area (Å²) >= 11 is 5.83. The number of nitrogens with zero attached hydrogens (tertiary/aromatic N) is 2. The van der Waals surface area contributed by atoms with Gasteiger partial charge in [-0.2, -0.15) is 4.98 Å². The molecule has 0 radical (unpaired) electrons. The molecule has 1 heterocycles. The Kier molecular flexibility index (Phi) is 5.18. The molecule has 4 nitrogen and oxygen atoms in total. The van der Waals surface area contributed by atoms with E-state index >= 15 is 0 Å². The quantitative estimate of drug-likeness (QED) is 0.826. The number of hydrogen-bond donors (Lipinski definition) is 1. The summed E-state index contributed by atoms with van der Waals surface area (Å²) in [6, 6.07) is 8.12. The zero-order chi connectivity index (χ0) is 14.4. The van der Waals surface area contributed by atoms with Crippen LogP contribution in [0.3, 0.4) is 0 Å². The summed E-state index contributed by atoms with van der Waals surface area (Å²) in [5.74, 6) is 1.74. The highest BCUT2D eigenvalue weighted by Gasteiger charge is 2.02. The smallest absolute Gasteiger partial charge is 0.234 e. The second-order valence-electron chi connectivity index (χ2n) is 4.72. The Morgan fingerprint density at radius 1 is 1.25 bits per heavy atom. The molecule has 0 unspecified atom stereocenters. The molecule has 0 amide bonds. The van der Waals surface area contributed by atoms with Crippen molar-refractivity contribution < 1.29 is 4.74 Å². The molecule has 0 saturated carbocycles. The molecule has 0 saturated heterocycles. The Balaban J connectivity index is 1.99. The van der Waals surface area contributed by atoms with Crippen molar-refractivity contribution in [2.45, 2.75) is 32.4 Å². The summed E-state index contributed by atoms with van der Waals surface area (Å²) in [6.07, 6.45) is 3.37. The van der Waals surface area contributed by atoms with Crippen LogP contribution in [0.25, 0.3) is 0 Å². The van der Waals surface area contributed by atoms with Crippen LogP contribution in [0.5, 0.6) is 5.88 Å². The van der Waals surface area contributed by atoms with Crippen molar-refractivity contribution >= 4 is 17.4 Å². The molecule has 0 bridgehead atoms. The normalized spacial score (nSPS) is 10.6. The number of ether oxygens (including phenoxy) is 1. The second-order valence-corrected chi connectivity index (χ2v) is 4.98. The van der Waals surface area contributed by atoms with Gasteiger partial charge in [0.15, 0.2) is 0 Å². The lowest BCUT2D eigenvalue weighted by molar-refractivity contribution is 0.232. The second kappa shape index (κ2) is 7.10. The van der Waals surface area contributed by atoms with E-state index in [0.29, 0.717) is 24.1 Å². The summed E-state index contributed by atoms with van der Waals surface area (Å²) in [7, 11) is 0. The zero-order valence-electron chi connectivity index (χ0n) is 11.6. The third-order valence-electron chi connectivity index (χ3n) is 2.59. The molecule has 0 aliphatic heterocycles. The van der Waals surface area contributed by atoms with Crippen LogP contribution in [0.2, 0.25) is 0 Å². The van der Waals surface area contributed by atoms with Crippen LogP contribution >= 0.6 is 11.6 Å². The number of nitrogens with one attached hydrogen (secondary N) is 1. The lowest BCUT2D eigenvalue weighted by Gasteiger charge is -2.10. The van der Waals surface area contributed by atoms with E-state index in [2.05, 4.69) is 21.4 Å². The van der Waals surface area contributed by atoms with Crippen LogP contribution in [0, 0.1) is 0 Å². The van der Waals surface area contributed by atoms with Crippen LogP contribution in [0.1, 0.15) is 25.0 Å². The minimum atomic E-state index is 0.0833. The fraction of sp³-hybridized carbons (Fsp3) is 0.333. The molecule has 1 aromatic heterocycles. The number of alkyl halides is 1. The molecule has 2 aromatic rings. The maximum absolute atomic E-state index is 5.83. The minimum absolute atomic E-state index is 0.0833. The van der Waals surface area contributed by atoms with E-state index in [0.717, 1.165) is 11.1 Å². The van der Waals surface area contributed by atoms with Crippen LogP contribution in [0.4, 0.5) is 5.82 Å². The molecule has 5 heteroatoms. The van der Waals surface area contributed by atoms with Crippen LogP contribution in [0.15, 0.2) is 36.7 Å². The highest BCUT2D eigenvalue weighted by atomic mass is 35.5. The average molecular weight is 292 g/mol. The summed E-state index contributed by atoms with van der Waals surface area (Å²) < 4.78 is 5.51. The molecule has 1 aromatic carbocycles. The molecule has 0 fully saturated rings. The number of hydrogen-bond acceptors (Lipinski definition) is 4. The first-order valence-corrected chi connectivity index (χ1v) is 7.07. The molecule has 0 spiro atoms. The zero-order valence-corrected chi connectivity index (χ0v) is 12.4. The van der Waals surface area contributed by atoms with Crippen molar-refractivity contribution in [3.05, 3.63) is 47.8 Å². The molecular weight excluding hydrogens is 274 g/mol. The molecule has 1 N–H and O–H groups in total. The summed E-state index contributed by atoms with van der Waals surface area (Å²) in [5.41, 5.74) is 2.26. The first-order chi connectivity index (χ1) is 9.67. The predicted molar refractivity (Wildman–Crippen MR) is 81.1 cm³/mol. The number of anilines is 1. The van der Waals surface area contributed by atoms with Gasteiger partial charge in [-0.25, -0.2) is 0 Å². The van der Waals surface area contributed by atoms with E-state index < -0.39 is 0 Å². The number of aromatic nitrogens is 2. The average Bonchev–Trinajstić information content (AvgIpc) is 2.45. The Morgan fingerprint density at radius 2 is 2.05 bits per heavy atom. The summed E-state index contributed by atoms with van der Waals surface area (Å²) in [6.45, 7) is 4.59. The van der Waals surface area contributed by atoms with Crippen molar-refractivity contribution in [3.63, 3.8) is 0 Å². The van der Waals surface area contributed by atoms with Gasteiger partial charge in [0.05, 0.1) is 18.5 Å². The van der Waals surface area contributed by atoms with Gasteiger partial charge < -0.3 is 10.1 Å². The maximum Gasteiger partial charge on any atom is 0.234 e. The fourth-order valence-electron chi connectivity index (χ4n) is 1.75. The molecular formula is C15H18ClN3O. The van der Waals surface area contributed by atoms with Crippen molar-refractivity contribution in [2.24, 2.45) is 0 Å². The molecule has 106 valence electrons. The first-order valence-electron chi connectivity index (χ1n) is 6.53. The first kappa shape index (κ1) is 14.6. The van der Waals surface area contributed by atoms with Crippen molar-refractivity contribution in [2.75, 3.05) is 5.32 Å². The van der Waals surface area contributed by atoms with Crippen LogP contribution in [-0.4, -0.2) is 16.1 Å². The largest absolute Gasteiger partial charge is 0.474 e. The molecule has 20 heavy (non-hydrogen) atoms. The highest BCUT2D eigenvalue weighted by molar-refractivity contribution is 6.17. The number of rotatable bonds is 6. The van der Waals surface area contributed by atoms with Crippen molar-refractivity contribution in [1.82, 2.24) is 9.97 Å². The molecule has 2 rings (SSSR count). The SMILES string of the molecule is CC(C)Oc1cncc(NCc2cccc(CCl)c2)n1. The Hall–Kier alpha value is -1.81. The molecule has 0 aliphatic rings. The Bertz CT molecular complexity index is 560. The van der Waals surface area contributed by atoms with Gasteiger partial charge >= 0.3 is 0 Å². The number of halogens is 1. The Labute approximate surface area is 124 Å². The standard InChI is InChI=1S/C15H18ClN3O/c1-11(2)20-15-10-17-9-14(19-15)18-8-13-5-3-4-12(6-13)7-16/h3-6,9-11H,7-8H2,1-2H3,(H,18,19). The fourth-order valence-corrected chi connectivity index (χ4v) is 1.91. The molecule has 0 atom stereocenters. The van der Waals surface area contributed by atoms with Crippen molar-refractivity contribution in [1.29, 1.82) is 0 Å². The van der Waals surface area contributed by atoms with E-state index in [1.807, 2.05) is 32.0 Å². The van der Waals surface area contributed by atoms with Gasteiger partial charge in [0, 0.05) is 12.4 Å². The van der Waals surface area contributed by atoms with Gasteiger partial charge in [-0.15, -0.1) is 11.6 Å². The number of benzene rings is 1. The lowest BCUT2D eigenvalue weighted by Crippen LogP contribution is -2.09. The molecule has 0 aliphatic carbocycles. The summed E-state index contributed by atoms with van der Waals surface area (Å²) in [5, 5.41) is 3.23. The van der Waals surface area contributed by atoms with Crippen LogP contribution < -0.4 is 10.1 Å². The van der Waals surface area contributed by atoms with Gasteiger partial charge in [-0.05, 0) is 25.0 Å². The van der Waals surface area contributed by atoms with E-state index in [9.17, 15) is 0 Å². The van der Waals surface area contributed by atoms with Crippen LogP contribution in [-0.2, 0) is 12.4 Å². The van der Waals surface area contributed by atoms with E-state index in [1.54, 1.807) is 12.4 Å². The van der Waals surface area contributed by atoms with Gasteiger partial charge in [0.2, 0.25) is 5.88 Å². The van der Waals surface area contributed by atoms with Gasteiger partial charge in [-0.1, -0.05) is 24.3 Å². The van der Waals surface area contributed by atoms with Gasteiger partial charge in [-0.3, -0.25) is 4.98 Å². The van der Waals surface area contributed by atoms with E-state index in [1.165, 1.54) is 0 Å². The topological polar surface area (TPSA) is 47.0 Å². The van der Waals surface area contributed by atoms with Gasteiger partial charge in [0.1, 0.15) is 5.82 Å². The minimum Gasteiger partial charge on any atom is -0.474 e. The lowest BCUT2D eigenvalue weighted by atomic mass is 10.1. The van der Waals surface area contributed by atoms with E-state index in [-0.39, 0.29) is 6.10 Å². The van der Waals surface area contributed by atoms with Gasteiger partial charge in [0.25, 0.3) is 0 Å². The predicted octanol–water partition coefficient (Wildman–Crippen LogP) is 3.61. The monoisotopic (exact) mass is 291 g/mol. The Morgan fingerprint density at radius 3 is 2.80 bits per heavy atom. The third-order valence-corrected chi connectivity index (χ3v) is 2.90. The van der Waals surface area contributed by atoms with E-state index in [4.69, 9.17) is 16.3 Å². The third kappa shape index (κ3) is 4.38.